The van der Waals surface area contributed by atoms with Crippen LogP contribution in [0.15, 0.2) is 54.6 Å². The van der Waals surface area contributed by atoms with Crippen molar-refractivity contribution in [3.05, 3.63) is 70.6 Å². The molecule has 0 spiro atoms. The highest BCUT2D eigenvalue weighted by atomic mass is 32.2. The Labute approximate surface area is 264 Å². The van der Waals surface area contributed by atoms with Crippen LogP contribution in [0.25, 0.3) is 10.4 Å². The third-order valence-electron chi connectivity index (χ3n) is 7.36. The summed E-state index contributed by atoms with van der Waals surface area (Å²) in [7, 11) is 3.96. The van der Waals surface area contributed by atoms with Gasteiger partial charge in [-0.05, 0) is 43.0 Å². The Bertz CT molecular complexity index is 1540. The van der Waals surface area contributed by atoms with Gasteiger partial charge in [0.15, 0.2) is 11.5 Å². The van der Waals surface area contributed by atoms with Crippen molar-refractivity contribution in [1.29, 1.82) is 0 Å². The maximum atomic E-state index is 13.0. The molecule has 0 amide bonds. The van der Waals surface area contributed by atoms with Gasteiger partial charge < -0.3 is 24.0 Å². The molecule has 0 aliphatic carbocycles. The van der Waals surface area contributed by atoms with Crippen molar-refractivity contribution in [2.75, 3.05) is 66.4 Å². The number of quaternary nitrogens is 1. The van der Waals surface area contributed by atoms with E-state index < -0.39 is 22.0 Å². The van der Waals surface area contributed by atoms with Gasteiger partial charge in [-0.2, -0.15) is 0 Å². The minimum Gasteiger partial charge on any atom is -0.480 e. The highest BCUT2D eigenvalue weighted by Gasteiger charge is 2.29. The van der Waals surface area contributed by atoms with E-state index in [0.717, 1.165) is 27.3 Å². The van der Waals surface area contributed by atoms with Crippen molar-refractivity contribution in [2.45, 2.75) is 31.6 Å². The molecule has 2 aromatic carbocycles. The van der Waals surface area contributed by atoms with Gasteiger partial charge in [0.1, 0.15) is 18.9 Å². The minimum absolute atomic E-state index is 0.00513. The Morgan fingerprint density at radius 2 is 1.75 bits per heavy atom. The third-order valence-corrected chi connectivity index (χ3v) is 10.5. The Hall–Kier alpha value is -3.45. The molecule has 1 aliphatic heterocycles. The van der Waals surface area contributed by atoms with E-state index in [4.69, 9.17) is 14.2 Å². The summed E-state index contributed by atoms with van der Waals surface area (Å²) in [5, 5.41) is 3.56. The number of benzene rings is 2. The fraction of sp³-hybridized carbons (Fsp3) is 0.438. The topological polar surface area (TPSA) is 111 Å². The summed E-state index contributed by atoms with van der Waals surface area (Å²) in [4.78, 5) is 26.0. The highest BCUT2D eigenvalue weighted by molar-refractivity contribution is 7.88. The largest absolute Gasteiger partial charge is 0.480 e. The number of piperidine rings is 1. The lowest BCUT2D eigenvalue weighted by Crippen LogP contribution is -2.42. The van der Waals surface area contributed by atoms with Crippen molar-refractivity contribution >= 4 is 39.0 Å². The van der Waals surface area contributed by atoms with E-state index in [1.54, 1.807) is 4.31 Å². The SMILES string of the molecule is COC(=O)c1sc(-c2cccc(NC3CCN(S(=O)(=O)Cc4ccccc4)CC3)c2)c(C)c1OCC(=O)OCC[N+](C)(C)C. The lowest BCUT2D eigenvalue weighted by Gasteiger charge is -2.32. The molecule has 1 aromatic heterocycles. The van der Waals surface area contributed by atoms with Crippen molar-refractivity contribution in [3.8, 4) is 16.2 Å². The van der Waals surface area contributed by atoms with Crippen LogP contribution < -0.4 is 10.1 Å². The van der Waals surface area contributed by atoms with Crippen LogP contribution in [-0.2, 0) is 30.0 Å². The van der Waals surface area contributed by atoms with E-state index >= 15 is 0 Å². The first kappa shape index (κ1) is 33.4. The van der Waals surface area contributed by atoms with Crippen molar-refractivity contribution < 1.29 is 36.7 Å². The van der Waals surface area contributed by atoms with E-state index in [1.807, 2.05) is 82.7 Å². The number of methoxy groups -OCH3 is 1. The average Bonchev–Trinajstić information content (AvgIpc) is 3.31. The number of ether oxygens (including phenoxy) is 3. The van der Waals surface area contributed by atoms with Crippen molar-refractivity contribution in [1.82, 2.24) is 4.31 Å². The van der Waals surface area contributed by atoms with Gasteiger partial charge in [-0.15, -0.1) is 11.3 Å². The van der Waals surface area contributed by atoms with E-state index in [-0.39, 0.29) is 29.9 Å². The van der Waals surface area contributed by atoms with Crippen LogP contribution >= 0.6 is 11.3 Å². The molecule has 1 fully saturated rings. The molecule has 3 aromatic rings. The number of hydrogen-bond donors (Lipinski definition) is 1. The van der Waals surface area contributed by atoms with Gasteiger partial charge in [0.05, 0.1) is 34.0 Å². The van der Waals surface area contributed by atoms with Gasteiger partial charge in [0, 0.05) is 35.3 Å². The van der Waals surface area contributed by atoms with Crippen molar-refractivity contribution in [3.63, 3.8) is 0 Å². The Kier molecular flexibility index (Phi) is 11.1. The lowest BCUT2D eigenvalue weighted by molar-refractivity contribution is -0.870. The molecule has 0 bridgehead atoms. The Morgan fingerprint density at radius 3 is 2.41 bits per heavy atom. The van der Waals surface area contributed by atoms with E-state index in [0.29, 0.717) is 42.7 Å². The number of carbonyl (C=O) groups excluding carboxylic acids is 2. The third kappa shape index (κ3) is 9.04. The molecule has 12 heteroatoms. The van der Waals surface area contributed by atoms with Crippen LogP contribution in [0.2, 0.25) is 0 Å². The zero-order chi connectivity index (χ0) is 31.9. The summed E-state index contributed by atoms with van der Waals surface area (Å²) in [6, 6.07) is 17.2. The summed E-state index contributed by atoms with van der Waals surface area (Å²) < 4.78 is 44.3. The molecule has 44 heavy (non-hydrogen) atoms. The smallest absolute Gasteiger partial charge is 0.351 e. The first-order valence-corrected chi connectivity index (χ1v) is 17.0. The molecular weight excluding hydrogens is 603 g/mol. The van der Waals surface area contributed by atoms with Crippen molar-refractivity contribution in [2.24, 2.45) is 0 Å². The number of hydrogen-bond acceptors (Lipinski definition) is 9. The van der Waals surface area contributed by atoms with Gasteiger partial charge >= 0.3 is 11.9 Å². The number of thiophene rings is 1. The summed E-state index contributed by atoms with van der Waals surface area (Å²) in [5.41, 5.74) is 3.28. The summed E-state index contributed by atoms with van der Waals surface area (Å²) in [6.07, 6.45) is 1.37. The molecule has 10 nitrogen and oxygen atoms in total. The molecule has 4 rings (SSSR count). The number of nitrogens with one attached hydrogen (secondary N) is 1. The first-order valence-electron chi connectivity index (χ1n) is 14.6. The standard InChI is InChI=1S/C32H42N3O7S2/c1-23-29(42-21-28(36)41-19-18-35(2,3)4)31(32(37)40-5)43-30(23)25-12-9-13-27(20-25)33-26-14-16-34(17-15-26)44(38,39)22-24-10-7-6-8-11-24/h6-13,20,26,33H,14-19,21-22H2,1-5H3/q+1. The molecular formula is C32H42N3O7S2+. The normalized spacial score (nSPS) is 14.7. The van der Waals surface area contributed by atoms with Gasteiger partial charge in [-0.1, -0.05) is 42.5 Å². The number of rotatable bonds is 13. The number of sulfonamides is 1. The van der Waals surface area contributed by atoms with Gasteiger partial charge in [-0.3, -0.25) is 0 Å². The molecule has 238 valence electrons. The number of likely N-dealkylation sites (N-methyl/N-ethyl adjacent to an activating group) is 1. The quantitative estimate of drug-likeness (QED) is 0.213. The maximum absolute atomic E-state index is 13.0. The zero-order valence-corrected chi connectivity index (χ0v) is 27.6. The Morgan fingerprint density at radius 1 is 1.05 bits per heavy atom. The second-order valence-electron chi connectivity index (χ2n) is 11.9. The predicted octanol–water partition coefficient (Wildman–Crippen LogP) is 4.54. The summed E-state index contributed by atoms with van der Waals surface area (Å²) >= 11 is 1.25. The summed E-state index contributed by atoms with van der Waals surface area (Å²) in [6.45, 7) is 3.37. The molecule has 1 N–H and O–H groups in total. The monoisotopic (exact) mass is 644 g/mol. The fourth-order valence-corrected chi connectivity index (χ4v) is 7.65. The van der Waals surface area contributed by atoms with Crippen LogP contribution in [0.1, 0.15) is 33.6 Å². The second-order valence-corrected chi connectivity index (χ2v) is 14.9. The van der Waals surface area contributed by atoms with E-state index in [2.05, 4.69) is 5.32 Å². The molecule has 0 saturated carbocycles. The van der Waals surface area contributed by atoms with Gasteiger partial charge in [0.2, 0.25) is 10.0 Å². The van der Waals surface area contributed by atoms with Crippen LogP contribution in [-0.4, -0.2) is 96.3 Å². The van der Waals surface area contributed by atoms with Crippen LogP contribution in [0.5, 0.6) is 5.75 Å². The summed E-state index contributed by atoms with van der Waals surface area (Å²) in [5.74, 6) is -0.735. The lowest BCUT2D eigenvalue weighted by atomic mass is 10.0. The van der Waals surface area contributed by atoms with Gasteiger partial charge in [0.25, 0.3) is 0 Å². The number of anilines is 1. The minimum atomic E-state index is -3.38. The number of carbonyl (C=O) groups is 2. The second kappa shape index (κ2) is 14.6. The Balaban J connectivity index is 1.41. The predicted molar refractivity (Wildman–Crippen MR) is 172 cm³/mol. The molecule has 1 saturated heterocycles. The maximum Gasteiger partial charge on any atom is 0.351 e. The van der Waals surface area contributed by atoms with Crippen LogP contribution in [0.3, 0.4) is 0 Å². The van der Waals surface area contributed by atoms with Gasteiger partial charge in [-0.25, -0.2) is 22.3 Å². The molecule has 1 aliphatic rings. The number of nitrogens with zero attached hydrogens (tertiary/aromatic N) is 2. The van der Waals surface area contributed by atoms with E-state index in [1.165, 1.54) is 18.4 Å². The first-order chi connectivity index (χ1) is 20.9. The van der Waals surface area contributed by atoms with Crippen LogP contribution in [0.4, 0.5) is 5.69 Å². The van der Waals surface area contributed by atoms with E-state index in [9.17, 15) is 18.0 Å². The number of esters is 2. The molecule has 2 heterocycles. The highest BCUT2D eigenvalue weighted by Crippen LogP contribution is 2.42. The zero-order valence-electron chi connectivity index (χ0n) is 26.0. The average molecular weight is 645 g/mol. The fourth-order valence-electron chi connectivity index (χ4n) is 4.92. The molecule has 0 radical (unpaired) electrons. The molecule has 0 unspecified atom stereocenters. The van der Waals surface area contributed by atoms with Crippen LogP contribution in [0, 0.1) is 6.92 Å². The molecule has 0 atom stereocenters.